The molecule has 0 unspecified atom stereocenters. The van der Waals surface area contributed by atoms with Crippen LogP contribution in [0, 0.1) is 0 Å². The molecule has 36 heavy (non-hydrogen) atoms. The van der Waals surface area contributed by atoms with E-state index >= 15 is 0 Å². The molecule has 0 saturated carbocycles. The zero-order valence-corrected chi connectivity index (χ0v) is 20.5. The second-order valence-corrected chi connectivity index (χ2v) is 8.69. The fraction of sp³-hybridized carbons (Fsp3) is 0.240. The Kier molecular flexibility index (Phi) is 8.27. The second kappa shape index (κ2) is 11.6. The molecule has 188 valence electrons. The van der Waals surface area contributed by atoms with Crippen molar-refractivity contribution in [3.8, 4) is 5.75 Å². The highest BCUT2D eigenvalue weighted by Crippen LogP contribution is 2.36. The van der Waals surface area contributed by atoms with Gasteiger partial charge in [0, 0.05) is 23.5 Å². The van der Waals surface area contributed by atoms with Crippen LogP contribution in [0.4, 0.5) is 5.69 Å². The van der Waals surface area contributed by atoms with Crippen LogP contribution in [0.5, 0.6) is 5.75 Å². The summed E-state index contributed by atoms with van der Waals surface area (Å²) in [6, 6.07) is 14.3. The fourth-order valence-corrected chi connectivity index (χ4v) is 4.31. The molecule has 0 bridgehead atoms. The van der Waals surface area contributed by atoms with Gasteiger partial charge in [-0.3, -0.25) is 14.4 Å². The molecule has 4 rings (SSSR count). The Bertz CT molecular complexity index is 1280. The number of rotatable bonds is 8. The van der Waals surface area contributed by atoms with E-state index in [0.717, 1.165) is 5.06 Å². The summed E-state index contributed by atoms with van der Waals surface area (Å²) in [5.74, 6) is -1.98. The SMILES string of the molecule is O=C(O)c1cc(OCC(=O)N(OCC(=O)N2CCOCC2)c2ccccc2)c2c(Cl)cc(Cl)cc2c1. The first-order valence-corrected chi connectivity index (χ1v) is 11.7. The van der Waals surface area contributed by atoms with Crippen molar-refractivity contribution in [3.05, 3.63) is 70.2 Å². The number of hydroxylamine groups is 1. The van der Waals surface area contributed by atoms with E-state index in [4.69, 9.17) is 37.5 Å². The van der Waals surface area contributed by atoms with E-state index in [0.29, 0.717) is 47.8 Å². The van der Waals surface area contributed by atoms with E-state index in [2.05, 4.69) is 0 Å². The normalized spacial score (nSPS) is 13.4. The van der Waals surface area contributed by atoms with Crippen molar-refractivity contribution in [2.24, 2.45) is 0 Å². The van der Waals surface area contributed by atoms with Gasteiger partial charge >= 0.3 is 5.97 Å². The van der Waals surface area contributed by atoms with E-state index in [1.165, 1.54) is 18.2 Å². The van der Waals surface area contributed by atoms with Crippen molar-refractivity contribution >= 4 is 57.4 Å². The molecule has 1 saturated heterocycles. The highest BCUT2D eigenvalue weighted by atomic mass is 35.5. The standard InChI is InChI=1S/C25H22Cl2N2O7/c26-18-11-16-10-17(25(32)33)12-21(24(16)20(27)13-18)35-14-23(31)29(19-4-2-1-3-5-19)36-15-22(30)28-6-8-34-9-7-28/h1-5,10-13H,6-9,14-15H2,(H,32,33). The first-order valence-electron chi connectivity index (χ1n) is 11.0. The number of morpholine rings is 1. The number of carbonyl (C=O) groups is 3. The average Bonchev–Trinajstić information content (AvgIpc) is 2.87. The molecule has 2 amide bonds. The van der Waals surface area contributed by atoms with E-state index in [1.807, 2.05) is 0 Å². The van der Waals surface area contributed by atoms with Gasteiger partial charge < -0.3 is 19.5 Å². The number of amides is 2. The van der Waals surface area contributed by atoms with Gasteiger partial charge in [0.15, 0.2) is 13.2 Å². The van der Waals surface area contributed by atoms with Gasteiger partial charge in [-0.25, -0.2) is 4.79 Å². The molecular weight excluding hydrogens is 511 g/mol. The number of benzene rings is 3. The number of ether oxygens (including phenoxy) is 2. The number of carbonyl (C=O) groups excluding carboxylic acids is 2. The summed E-state index contributed by atoms with van der Waals surface area (Å²) in [5, 5.41) is 11.9. The van der Waals surface area contributed by atoms with Gasteiger partial charge in [-0.15, -0.1) is 0 Å². The third-order valence-corrected chi connectivity index (χ3v) is 5.94. The Morgan fingerprint density at radius 1 is 1.00 bits per heavy atom. The highest BCUT2D eigenvalue weighted by Gasteiger charge is 2.23. The largest absolute Gasteiger partial charge is 0.483 e. The summed E-state index contributed by atoms with van der Waals surface area (Å²) in [4.78, 5) is 44.5. The second-order valence-electron chi connectivity index (χ2n) is 7.84. The quantitative estimate of drug-likeness (QED) is 0.436. The minimum Gasteiger partial charge on any atom is -0.483 e. The predicted molar refractivity (Wildman–Crippen MR) is 134 cm³/mol. The van der Waals surface area contributed by atoms with Gasteiger partial charge in [0.2, 0.25) is 0 Å². The minimum absolute atomic E-state index is 0.0597. The monoisotopic (exact) mass is 532 g/mol. The van der Waals surface area contributed by atoms with Crippen LogP contribution in [0.25, 0.3) is 10.8 Å². The van der Waals surface area contributed by atoms with Crippen molar-refractivity contribution in [2.75, 3.05) is 44.6 Å². The summed E-state index contributed by atoms with van der Waals surface area (Å²) in [6.07, 6.45) is 0. The number of fused-ring (bicyclic) bond motifs is 1. The molecule has 0 atom stereocenters. The molecule has 0 aromatic heterocycles. The maximum absolute atomic E-state index is 13.2. The van der Waals surface area contributed by atoms with Gasteiger partial charge in [-0.2, -0.15) is 5.06 Å². The van der Waals surface area contributed by atoms with Crippen molar-refractivity contribution in [1.29, 1.82) is 0 Å². The lowest BCUT2D eigenvalue weighted by atomic mass is 10.1. The molecule has 1 heterocycles. The highest BCUT2D eigenvalue weighted by molar-refractivity contribution is 6.39. The number of nitrogens with zero attached hydrogens (tertiary/aromatic N) is 2. The lowest BCUT2D eigenvalue weighted by Crippen LogP contribution is -2.44. The Hall–Kier alpha value is -3.37. The molecule has 0 aliphatic carbocycles. The van der Waals surface area contributed by atoms with Crippen LogP contribution in [-0.4, -0.2) is 67.3 Å². The van der Waals surface area contributed by atoms with Crippen LogP contribution in [0.3, 0.4) is 0 Å². The molecule has 9 nitrogen and oxygen atoms in total. The topological polar surface area (TPSA) is 106 Å². The molecule has 11 heteroatoms. The van der Waals surface area contributed by atoms with Crippen LogP contribution >= 0.6 is 23.2 Å². The van der Waals surface area contributed by atoms with Crippen LogP contribution < -0.4 is 9.80 Å². The number of carboxylic acid groups (broad SMARTS) is 1. The Morgan fingerprint density at radius 3 is 2.42 bits per heavy atom. The molecule has 1 aliphatic rings. The summed E-state index contributed by atoms with van der Waals surface area (Å²) in [7, 11) is 0. The smallest absolute Gasteiger partial charge is 0.335 e. The zero-order valence-electron chi connectivity index (χ0n) is 19.0. The van der Waals surface area contributed by atoms with E-state index in [9.17, 15) is 19.5 Å². The van der Waals surface area contributed by atoms with Gasteiger partial charge in [-0.05, 0) is 41.8 Å². The third-order valence-electron chi connectivity index (χ3n) is 5.43. The lowest BCUT2D eigenvalue weighted by molar-refractivity contribution is -0.143. The molecule has 3 aromatic carbocycles. The van der Waals surface area contributed by atoms with Crippen LogP contribution in [0.15, 0.2) is 54.6 Å². The van der Waals surface area contributed by atoms with Crippen molar-refractivity contribution in [1.82, 2.24) is 4.90 Å². The lowest BCUT2D eigenvalue weighted by Gasteiger charge is -2.28. The van der Waals surface area contributed by atoms with Crippen molar-refractivity contribution in [2.45, 2.75) is 0 Å². The van der Waals surface area contributed by atoms with E-state index in [1.54, 1.807) is 41.3 Å². The molecule has 1 N–H and O–H groups in total. The minimum atomic E-state index is -1.18. The molecular formula is C25H22Cl2N2O7. The fourth-order valence-electron chi connectivity index (χ4n) is 3.70. The Morgan fingerprint density at radius 2 is 1.72 bits per heavy atom. The van der Waals surface area contributed by atoms with Crippen molar-refractivity contribution < 1.29 is 33.8 Å². The molecule has 3 aromatic rings. The number of anilines is 1. The third kappa shape index (κ3) is 6.06. The Balaban J connectivity index is 1.55. The summed E-state index contributed by atoms with van der Waals surface area (Å²) < 4.78 is 11.0. The summed E-state index contributed by atoms with van der Waals surface area (Å²) >= 11 is 12.4. The number of aromatic carboxylic acids is 1. The molecule has 1 fully saturated rings. The maximum Gasteiger partial charge on any atom is 0.335 e. The Labute approximate surface area is 216 Å². The molecule has 0 spiro atoms. The van der Waals surface area contributed by atoms with E-state index < -0.39 is 18.5 Å². The number of hydrogen-bond donors (Lipinski definition) is 1. The molecule has 0 radical (unpaired) electrons. The van der Waals surface area contributed by atoms with Gasteiger partial charge in [0.1, 0.15) is 5.75 Å². The summed E-state index contributed by atoms with van der Waals surface area (Å²) in [5.41, 5.74) is 0.338. The average molecular weight is 533 g/mol. The number of halogens is 2. The maximum atomic E-state index is 13.2. The summed E-state index contributed by atoms with van der Waals surface area (Å²) in [6.45, 7) is 0.904. The van der Waals surface area contributed by atoms with Crippen LogP contribution in [-0.2, 0) is 19.2 Å². The molecule has 1 aliphatic heterocycles. The van der Waals surface area contributed by atoms with Gasteiger partial charge in [0.25, 0.3) is 11.8 Å². The predicted octanol–water partition coefficient (Wildman–Crippen LogP) is 4.05. The van der Waals surface area contributed by atoms with Crippen LogP contribution in [0.2, 0.25) is 10.0 Å². The van der Waals surface area contributed by atoms with Gasteiger partial charge in [0.05, 0.1) is 29.5 Å². The van der Waals surface area contributed by atoms with Crippen LogP contribution in [0.1, 0.15) is 10.4 Å². The first kappa shape index (κ1) is 25.7. The number of para-hydroxylation sites is 1. The van der Waals surface area contributed by atoms with E-state index in [-0.39, 0.29) is 28.8 Å². The van der Waals surface area contributed by atoms with Gasteiger partial charge in [-0.1, -0.05) is 41.4 Å². The van der Waals surface area contributed by atoms with Crippen molar-refractivity contribution in [3.63, 3.8) is 0 Å². The number of carboxylic acids is 1. The zero-order chi connectivity index (χ0) is 25.7. The number of hydrogen-bond acceptors (Lipinski definition) is 6. The first-order chi connectivity index (χ1) is 17.3.